The summed E-state index contributed by atoms with van der Waals surface area (Å²) in [4.78, 5) is 20.4. The van der Waals surface area contributed by atoms with E-state index in [9.17, 15) is 4.79 Å². The molecule has 2 heterocycles. The van der Waals surface area contributed by atoms with E-state index in [0.29, 0.717) is 19.0 Å². The molecule has 0 spiro atoms. The van der Waals surface area contributed by atoms with Gasteiger partial charge in [0, 0.05) is 44.4 Å². The zero-order valence-electron chi connectivity index (χ0n) is 16.4. The number of amides is 1. The topological polar surface area (TPSA) is 96.2 Å². The molecule has 9 heteroatoms. The van der Waals surface area contributed by atoms with Gasteiger partial charge in [-0.2, -0.15) is 5.10 Å². The predicted molar refractivity (Wildman–Crippen MR) is 114 cm³/mol. The van der Waals surface area contributed by atoms with E-state index >= 15 is 0 Å². The van der Waals surface area contributed by atoms with Crippen LogP contribution in [0.15, 0.2) is 4.99 Å². The van der Waals surface area contributed by atoms with Gasteiger partial charge in [-0.3, -0.25) is 9.79 Å². The van der Waals surface area contributed by atoms with E-state index in [0.717, 1.165) is 37.0 Å². The van der Waals surface area contributed by atoms with Gasteiger partial charge in [0.15, 0.2) is 11.8 Å². The number of hydrogen-bond donors (Lipinski definition) is 3. The lowest BCUT2D eigenvalue weighted by Gasteiger charge is -2.25. The number of halogens is 1. The molecule has 1 aliphatic rings. The number of carbonyl (C=O) groups is 1. The van der Waals surface area contributed by atoms with Crippen molar-refractivity contribution < 1.29 is 4.79 Å². The SMILES string of the molecule is CN=C(NCCNC(=O)C(C)C)NC1CCc2nc(C(C)C)nn2C1.I. The third-order valence-electron chi connectivity index (χ3n) is 4.20. The molecule has 0 bridgehead atoms. The molecular formula is C17H32IN7O. The van der Waals surface area contributed by atoms with Crippen LogP contribution in [0.5, 0.6) is 0 Å². The molecule has 0 fully saturated rings. The van der Waals surface area contributed by atoms with E-state index in [-0.39, 0.29) is 41.8 Å². The van der Waals surface area contributed by atoms with Gasteiger partial charge in [-0.1, -0.05) is 27.7 Å². The fourth-order valence-corrected chi connectivity index (χ4v) is 2.65. The summed E-state index contributed by atoms with van der Waals surface area (Å²) < 4.78 is 2.01. The molecular weight excluding hydrogens is 445 g/mol. The summed E-state index contributed by atoms with van der Waals surface area (Å²) in [6, 6.07) is 0.269. The summed E-state index contributed by atoms with van der Waals surface area (Å²) in [6.45, 7) is 10.00. The highest BCUT2D eigenvalue weighted by atomic mass is 127. The molecule has 1 atom stereocenters. The Morgan fingerprint density at radius 1 is 1.27 bits per heavy atom. The molecule has 1 aromatic heterocycles. The fourth-order valence-electron chi connectivity index (χ4n) is 2.65. The Kier molecular flexibility index (Phi) is 9.31. The summed E-state index contributed by atoms with van der Waals surface area (Å²) in [7, 11) is 1.75. The average Bonchev–Trinajstić information content (AvgIpc) is 3.00. The summed E-state index contributed by atoms with van der Waals surface area (Å²) in [5.41, 5.74) is 0. The quantitative estimate of drug-likeness (QED) is 0.248. The van der Waals surface area contributed by atoms with Crippen molar-refractivity contribution in [3.05, 3.63) is 11.6 Å². The summed E-state index contributed by atoms with van der Waals surface area (Å²) in [6.07, 6.45) is 1.92. The minimum Gasteiger partial charge on any atom is -0.355 e. The molecule has 2 rings (SSSR count). The Hall–Kier alpha value is -1.39. The molecule has 1 unspecified atom stereocenters. The first-order valence-corrected chi connectivity index (χ1v) is 9.09. The van der Waals surface area contributed by atoms with Crippen molar-refractivity contribution >= 4 is 35.8 Å². The van der Waals surface area contributed by atoms with Crippen molar-refractivity contribution in [2.45, 2.75) is 59.0 Å². The lowest BCUT2D eigenvalue weighted by atomic mass is 10.1. The van der Waals surface area contributed by atoms with Crippen LogP contribution in [0.3, 0.4) is 0 Å². The van der Waals surface area contributed by atoms with Crippen LogP contribution >= 0.6 is 24.0 Å². The van der Waals surface area contributed by atoms with E-state index in [1.54, 1.807) is 7.05 Å². The van der Waals surface area contributed by atoms with E-state index in [4.69, 9.17) is 0 Å². The number of fused-ring (bicyclic) bond motifs is 1. The van der Waals surface area contributed by atoms with Gasteiger partial charge in [0.05, 0.1) is 6.54 Å². The summed E-state index contributed by atoms with van der Waals surface area (Å²) in [5.74, 6) is 3.15. The molecule has 1 amide bonds. The highest BCUT2D eigenvalue weighted by Crippen LogP contribution is 2.16. The number of nitrogens with one attached hydrogen (secondary N) is 3. The van der Waals surface area contributed by atoms with Gasteiger partial charge in [0.25, 0.3) is 0 Å². The third-order valence-corrected chi connectivity index (χ3v) is 4.20. The standard InChI is InChI=1S/C17H31N7O.HI/c1-11(2)15-22-14-7-6-13(10-24(14)23-15)21-17(18-5)20-9-8-19-16(25)12(3)4;/h11-13H,6-10H2,1-5H3,(H,19,25)(H2,18,20,21);1H. The maximum absolute atomic E-state index is 11.5. The molecule has 3 N–H and O–H groups in total. The fraction of sp³-hybridized carbons (Fsp3) is 0.765. The minimum atomic E-state index is 0. The number of guanidine groups is 1. The van der Waals surface area contributed by atoms with Gasteiger partial charge in [0.2, 0.25) is 5.91 Å². The van der Waals surface area contributed by atoms with Crippen LogP contribution in [0.25, 0.3) is 0 Å². The first-order valence-electron chi connectivity index (χ1n) is 9.09. The van der Waals surface area contributed by atoms with Crippen LogP contribution in [0.2, 0.25) is 0 Å². The second-order valence-electron chi connectivity index (χ2n) is 7.05. The molecule has 0 radical (unpaired) electrons. The zero-order chi connectivity index (χ0) is 18.4. The second-order valence-corrected chi connectivity index (χ2v) is 7.05. The van der Waals surface area contributed by atoms with Crippen molar-refractivity contribution in [2.24, 2.45) is 10.9 Å². The Labute approximate surface area is 173 Å². The molecule has 148 valence electrons. The molecule has 26 heavy (non-hydrogen) atoms. The largest absolute Gasteiger partial charge is 0.355 e. The number of aliphatic imine (C=N–C) groups is 1. The number of aryl methyl sites for hydroxylation is 1. The maximum atomic E-state index is 11.5. The highest BCUT2D eigenvalue weighted by molar-refractivity contribution is 14.0. The summed E-state index contributed by atoms with van der Waals surface area (Å²) >= 11 is 0. The molecule has 8 nitrogen and oxygen atoms in total. The first-order chi connectivity index (χ1) is 11.9. The van der Waals surface area contributed by atoms with Crippen molar-refractivity contribution in [3.8, 4) is 0 Å². The molecule has 0 aromatic carbocycles. The van der Waals surface area contributed by atoms with E-state index in [1.807, 2.05) is 18.5 Å². The maximum Gasteiger partial charge on any atom is 0.222 e. The van der Waals surface area contributed by atoms with E-state index in [1.165, 1.54) is 0 Å². The Bertz CT molecular complexity index is 612. The third kappa shape index (κ3) is 6.40. The van der Waals surface area contributed by atoms with Gasteiger partial charge >= 0.3 is 0 Å². The normalized spacial score (nSPS) is 16.9. The number of rotatable bonds is 6. The van der Waals surface area contributed by atoms with Crippen LogP contribution in [0.1, 0.15) is 51.7 Å². The van der Waals surface area contributed by atoms with Crippen molar-refractivity contribution in [2.75, 3.05) is 20.1 Å². The summed E-state index contributed by atoms with van der Waals surface area (Å²) in [5, 5.41) is 14.2. The van der Waals surface area contributed by atoms with Gasteiger partial charge in [-0.15, -0.1) is 24.0 Å². The zero-order valence-corrected chi connectivity index (χ0v) is 18.7. The van der Waals surface area contributed by atoms with E-state index in [2.05, 4.69) is 44.9 Å². The van der Waals surface area contributed by atoms with Crippen molar-refractivity contribution in [1.29, 1.82) is 0 Å². The average molecular weight is 477 g/mol. The van der Waals surface area contributed by atoms with Crippen LogP contribution in [-0.2, 0) is 17.8 Å². The minimum absolute atomic E-state index is 0. The lowest BCUT2D eigenvalue weighted by molar-refractivity contribution is -0.123. The Morgan fingerprint density at radius 2 is 1.96 bits per heavy atom. The van der Waals surface area contributed by atoms with Crippen LogP contribution in [0.4, 0.5) is 0 Å². The Morgan fingerprint density at radius 3 is 2.58 bits per heavy atom. The highest BCUT2D eigenvalue weighted by Gasteiger charge is 2.23. The monoisotopic (exact) mass is 477 g/mol. The second kappa shape index (κ2) is 10.7. The molecule has 0 saturated carbocycles. The molecule has 1 aliphatic heterocycles. The van der Waals surface area contributed by atoms with Gasteiger partial charge in [-0.05, 0) is 6.42 Å². The van der Waals surface area contributed by atoms with Crippen LogP contribution in [-0.4, -0.2) is 52.8 Å². The molecule has 1 aromatic rings. The smallest absolute Gasteiger partial charge is 0.222 e. The molecule has 0 aliphatic carbocycles. The first kappa shape index (κ1) is 22.7. The van der Waals surface area contributed by atoms with Gasteiger partial charge < -0.3 is 16.0 Å². The number of nitrogens with zero attached hydrogens (tertiary/aromatic N) is 4. The van der Waals surface area contributed by atoms with Crippen LogP contribution < -0.4 is 16.0 Å². The van der Waals surface area contributed by atoms with Crippen LogP contribution in [0, 0.1) is 5.92 Å². The van der Waals surface area contributed by atoms with Gasteiger partial charge in [-0.25, -0.2) is 9.67 Å². The van der Waals surface area contributed by atoms with Crippen molar-refractivity contribution in [1.82, 2.24) is 30.7 Å². The number of aromatic nitrogens is 3. The Balaban J connectivity index is 0.00000338. The van der Waals surface area contributed by atoms with Gasteiger partial charge in [0.1, 0.15) is 5.82 Å². The van der Waals surface area contributed by atoms with Crippen molar-refractivity contribution in [3.63, 3.8) is 0 Å². The lowest BCUT2D eigenvalue weighted by Crippen LogP contribution is -2.48. The molecule has 0 saturated heterocycles. The predicted octanol–water partition coefficient (Wildman–Crippen LogP) is 1.27. The number of carbonyl (C=O) groups excluding carboxylic acids is 1. The van der Waals surface area contributed by atoms with E-state index < -0.39 is 0 Å². The number of hydrogen-bond acceptors (Lipinski definition) is 4.